The van der Waals surface area contributed by atoms with Gasteiger partial charge in [-0.3, -0.25) is 9.69 Å². The van der Waals surface area contributed by atoms with Crippen molar-refractivity contribution in [2.45, 2.75) is 20.8 Å². The molecule has 4 rings (SSSR count). The summed E-state index contributed by atoms with van der Waals surface area (Å²) >= 11 is 1.36. The van der Waals surface area contributed by atoms with E-state index in [1.54, 1.807) is 11.0 Å². The Bertz CT molecular complexity index is 1280. The second-order valence-electron chi connectivity index (χ2n) is 8.06. The van der Waals surface area contributed by atoms with E-state index >= 15 is 0 Å². The molecule has 3 aromatic rings. The fourth-order valence-corrected chi connectivity index (χ4v) is 4.50. The van der Waals surface area contributed by atoms with Gasteiger partial charge in [-0.15, -0.1) is 0 Å². The second-order valence-corrected chi connectivity index (χ2v) is 9.06. The first kappa shape index (κ1) is 24.4. The number of amides is 1. The topological polar surface area (TPSA) is 51.1 Å². The number of rotatable bonds is 8. The predicted molar refractivity (Wildman–Crippen MR) is 146 cm³/mol. The molecule has 1 heterocycles. The van der Waals surface area contributed by atoms with E-state index in [1.165, 1.54) is 11.8 Å². The summed E-state index contributed by atoms with van der Waals surface area (Å²) in [6.07, 6.45) is 3.56. The Morgan fingerprint density at radius 1 is 0.943 bits per heavy atom. The minimum absolute atomic E-state index is 0.116. The molecule has 5 nitrogen and oxygen atoms in total. The molecule has 0 bridgehead atoms. The number of amidine groups is 1. The highest BCUT2D eigenvalue weighted by Crippen LogP contribution is 2.38. The van der Waals surface area contributed by atoms with Gasteiger partial charge in [0, 0.05) is 0 Å². The van der Waals surface area contributed by atoms with Crippen LogP contribution in [0.15, 0.2) is 89.3 Å². The Morgan fingerprint density at radius 3 is 2.29 bits per heavy atom. The van der Waals surface area contributed by atoms with Crippen molar-refractivity contribution in [1.82, 2.24) is 0 Å². The molecule has 0 aliphatic carbocycles. The number of nitrogens with zero attached hydrogens (tertiary/aromatic N) is 2. The van der Waals surface area contributed by atoms with Crippen molar-refractivity contribution in [3.63, 3.8) is 0 Å². The molecule has 0 unspecified atom stereocenters. The Labute approximate surface area is 210 Å². The summed E-state index contributed by atoms with van der Waals surface area (Å²) in [5.41, 5.74) is 4.71. The minimum atomic E-state index is -0.116. The highest BCUT2D eigenvalue weighted by atomic mass is 32.2. The van der Waals surface area contributed by atoms with Crippen LogP contribution in [-0.2, 0) is 4.79 Å². The molecule has 0 aromatic heterocycles. The van der Waals surface area contributed by atoms with E-state index in [2.05, 4.69) is 6.58 Å². The first-order valence-corrected chi connectivity index (χ1v) is 12.3. The van der Waals surface area contributed by atoms with Gasteiger partial charge < -0.3 is 9.47 Å². The Kier molecular flexibility index (Phi) is 7.73. The largest absolute Gasteiger partial charge is 0.490 e. The fraction of sp³-hybridized carbons (Fsp3) is 0.172. The van der Waals surface area contributed by atoms with Crippen molar-refractivity contribution in [2.24, 2.45) is 4.99 Å². The van der Waals surface area contributed by atoms with E-state index in [0.29, 0.717) is 34.8 Å². The van der Waals surface area contributed by atoms with E-state index in [-0.39, 0.29) is 5.91 Å². The maximum atomic E-state index is 13.6. The molecule has 178 valence electrons. The van der Waals surface area contributed by atoms with Gasteiger partial charge in [0.1, 0.15) is 6.61 Å². The van der Waals surface area contributed by atoms with Crippen LogP contribution in [0.3, 0.4) is 0 Å². The maximum absolute atomic E-state index is 13.6. The molecule has 6 heteroatoms. The monoisotopic (exact) mass is 484 g/mol. The zero-order valence-electron chi connectivity index (χ0n) is 20.2. The third-order valence-corrected chi connectivity index (χ3v) is 6.25. The summed E-state index contributed by atoms with van der Waals surface area (Å²) in [6, 6.07) is 21.5. The van der Waals surface area contributed by atoms with Crippen LogP contribution in [0.5, 0.6) is 11.5 Å². The summed E-state index contributed by atoms with van der Waals surface area (Å²) in [5.74, 6) is 1.15. The molecule has 1 fully saturated rings. The van der Waals surface area contributed by atoms with Gasteiger partial charge in [-0.2, -0.15) is 0 Å². The fourth-order valence-electron chi connectivity index (χ4n) is 3.50. The lowest BCUT2D eigenvalue weighted by molar-refractivity contribution is -0.113. The van der Waals surface area contributed by atoms with Crippen LogP contribution in [0.25, 0.3) is 6.08 Å². The summed E-state index contributed by atoms with van der Waals surface area (Å²) in [4.78, 5) is 20.6. The van der Waals surface area contributed by atoms with E-state index in [0.717, 1.165) is 28.1 Å². The maximum Gasteiger partial charge on any atom is 0.271 e. The summed E-state index contributed by atoms with van der Waals surface area (Å²) in [5, 5.41) is 0.616. The van der Waals surface area contributed by atoms with E-state index in [9.17, 15) is 4.79 Å². The molecule has 0 N–H and O–H groups in total. The molecule has 1 saturated heterocycles. The standard InChI is InChI=1S/C29H28N2O3S/c1-5-17-34-25-16-11-22(18-26(25)33-6-2)19-27-28(32)31(24-14-9-21(4)10-15-24)29(35-27)30-23-12-7-20(3)8-13-23/h5,7-16,18-19H,1,6,17H2,2-4H3/b27-19-,30-29?. The Balaban J connectivity index is 1.72. The van der Waals surface area contributed by atoms with Crippen molar-refractivity contribution in [3.8, 4) is 11.5 Å². The van der Waals surface area contributed by atoms with Crippen LogP contribution >= 0.6 is 11.8 Å². The average Bonchev–Trinajstić information content (AvgIpc) is 3.15. The molecule has 0 atom stereocenters. The van der Waals surface area contributed by atoms with Gasteiger partial charge in [-0.05, 0) is 80.6 Å². The quantitative estimate of drug-likeness (QED) is 0.253. The Morgan fingerprint density at radius 2 is 1.63 bits per heavy atom. The molecule has 1 aliphatic rings. The van der Waals surface area contributed by atoms with Crippen LogP contribution < -0.4 is 14.4 Å². The molecule has 1 amide bonds. The number of carbonyl (C=O) groups excluding carboxylic acids is 1. The number of hydrogen-bond acceptors (Lipinski definition) is 5. The van der Waals surface area contributed by atoms with Gasteiger partial charge in [-0.1, -0.05) is 54.1 Å². The summed E-state index contributed by atoms with van der Waals surface area (Å²) in [7, 11) is 0. The highest BCUT2D eigenvalue weighted by molar-refractivity contribution is 8.19. The molecule has 0 saturated carbocycles. The van der Waals surface area contributed by atoms with Crippen molar-refractivity contribution in [1.29, 1.82) is 0 Å². The van der Waals surface area contributed by atoms with Crippen molar-refractivity contribution in [2.75, 3.05) is 18.1 Å². The molecular formula is C29H28N2O3S. The minimum Gasteiger partial charge on any atom is -0.490 e. The third kappa shape index (κ3) is 5.84. The number of aliphatic imine (C=N–C) groups is 1. The lowest BCUT2D eigenvalue weighted by atomic mass is 10.1. The number of carbonyl (C=O) groups is 1. The molecule has 0 radical (unpaired) electrons. The summed E-state index contributed by atoms with van der Waals surface area (Å²) in [6.45, 7) is 10.6. The number of aryl methyl sites for hydroxylation is 2. The second kappa shape index (κ2) is 11.1. The molecule has 1 aliphatic heterocycles. The Hall–Kier alpha value is -3.77. The van der Waals surface area contributed by atoms with Crippen molar-refractivity contribution in [3.05, 3.63) is 101 Å². The van der Waals surface area contributed by atoms with Crippen LogP contribution in [-0.4, -0.2) is 24.3 Å². The van der Waals surface area contributed by atoms with Crippen LogP contribution in [0.1, 0.15) is 23.6 Å². The van der Waals surface area contributed by atoms with Gasteiger partial charge in [0.2, 0.25) is 0 Å². The van der Waals surface area contributed by atoms with Gasteiger partial charge in [0.25, 0.3) is 5.91 Å². The normalized spacial score (nSPS) is 15.6. The first-order valence-electron chi connectivity index (χ1n) is 11.4. The van der Waals surface area contributed by atoms with Crippen LogP contribution in [0.2, 0.25) is 0 Å². The number of hydrogen-bond donors (Lipinski definition) is 0. The number of thioether (sulfide) groups is 1. The third-order valence-electron chi connectivity index (χ3n) is 5.28. The zero-order valence-corrected chi connectivity index (χ0v) is 21.0. The molecule has 35 heavy (non-hydrogen) atoms. The smallest absolute Gasteiger partial charge is 0.271 e. The van der Waals surface area contributed by atoms with Gasteiger partial charge in [0.15, 0.2) is 16.7 Å². The van der Waals surface area contributed by atoms with Crippen LogP contribution in [0, 0.1) is 13.8 Å². The lowest BCUT2D eigenvalue weighted by Crippen LogP contribution is -2.28. The predicted octanol–water partition coefficient (Wildman–Crippen LogP) is 7.08. The SMILES string of the molecule is C=CCOc1ccc(/C=C2\SC(=Nc3ccc(C)cc3)N(c3ccc(C)cc3)C2=O)cc1OCC. The van der Waals surface area contributed by atoms with Crippen LogP contribution in [0.4, 0.5) is 11.4 Å². The first-order chi connectivity index (χ1) is 17.0. The number of anilines is 1. The lowest BCUT2D eigenvalue weighted by Gasteiger charge is -2.16. The van der Waals surface area contributed by atoms with E-state index < -0.39 is 0 Å². The highest BCUT2D eigenvalue weighted by Gasteiger charge is 2.34. The van der Waals surface area contributed by atoms with Gasteiger partial charge >= 0.3 is 0 Å². The van der Waals surface area contributed by atoms with Crippen molar-refractivity contribution < 1.29 is 14.3 Å². The van der Waals surface area contributed by atoms with Crippen molar-refractivity contribution >= 4 is 40.3 Å². The number of ether oxygens (including phenoxy) is 2. The average molecular weight is 485 g/mol. The van der Waals surface area contributed by atoms with Gasteiger partial charge in [-0.25, -0.2) is 4.99 Å². The van der Waals surface area contributed by atoms with E-state index in [4.69, 9.17) is 14.5 Å². The molecular weight excluding hydrogens is 456 g/mol. The van der Waals surface area contributed by atoms with E-state index in [1.807, 2.05) is 93.6 Å². The van der Waals surface area contributed by atoms with Gasteiger partial charge in [0.05, 0.1) is 22.9 Å². The number of benzene rings is 3. The molecule has 3 aromatic carbocycles. The zero-order chi connectivity index (χ0) is 24.8. The summed E-state index contributed by atoms with van der Waals surface area (Å²) < 4.78 is 11.5. The molecule has 0 spiro atoms.